The van der Waals surface area contributed by atoms with Crippen LogP contribution in [0.2, 0.25) is 0 Å². The van der Waals surface area contributed by atoms with Gasteiger partial charge in [0.25, 0.3) is 0 Å². The number of nitrogens with one attached hydrogen (secondary N) is 1. The summed E-state index contributed by atoms with van der Waals surface area (Å²) in [5.74, 6) is 0.717. The minimum atomic E-state index is -0.175. The van der Waals surface area contributed by atoms with E-state index in [1.807, 2.05) is 0 Å². The van der Waals surface area contributed by atoms with Crippen molar-refractivity contribution in [3.8, 4) is 0 Å². The van der Waals surface area contributed by atoms with Crippen LogP contribution in [0.15, 0.2) is 11.4 Å². The van der Waals surface area contributed by atoms with E-state index in [-0.39, 0.29) is 24.1 Å². The summed E-state index contributed by atoms with van der Waals surface area (Å²) in [6.45, 7) is 2.36. The minimum Gasteiger partial charge on any atom is -0.358 e. The maximum Gasteiger partial charge on any atom is 0.239 e. The van der Waals surface area contributed by atoms with E-state index in [1.165, 1.54) is 33.5 Å². The SMILES string of the molecule is CNC(=O)CN(C)C(=O)CSc1ncnc2sc3c(c12)CC[C@H](C)C3. The van der Waals surface area contributed by atoms with Crippen LogP contribution in [0.5, 0.6) is 0 Å². The first-order valence-corrected chi connectivity index (χ1v) is 10.1. The molecule has 0 unspecified atom stereocenters. The molecule has 2 amide bonds. The predicted molar refractivity (Wildman–Crippen MR) is 101 cm³/mol. The van der Waals surface area contributed by atoms with Crippen molar-refractivity contribution in [3.05, 3.63) is 16.8 Å². The number of thiophene rings is 1. The lowest BCUT2D eigenvalue weighted by molar-refractivity contribution is -0.132. The molecular weight excluding hydrogens is 356 g/mol. The zero-order valence-electron chi connectivity index (χ0n) is 14.7. The summed E-state index contributed by atoms with van der Waals surface area (Å²) < 4.78 is 0. The minimum absolute atomic E-state index is 0.0703. The van der Waals surface area contributed by atoms with Crippen LogP contribution in [0.1, 0.15) is 23.8 Å². The van der Waals surface area contributed by atoms with Gasteiger partial charge in [-0.05, 0) is 30.7 Å². The van der Waals surface area contributed by atoms with Crippen LogP contribution in [-0.2, 0) is 22.4 Å². The van der Waals surface area contributed by atoms with Gasteiger partial charge < -0.3 is 10.2 Å². The molecule has 1 atom stereocenters. The molecular formula is C17H22N4O2S2. The smallest absolute Gasteiger partial charge is 0.239 e. The van der Waals surface area contributed by atoms with Crippen molar-refractivity contribution < 1.29 is 9.59 Å². The molecule has 0 radical (unpaired) electrons. The first-order valence-electron chi connectivity index (χ1n) is 8.32. The maximum atomic E-state index is 12.3. The van der Waals surface area contributed by atoms with E-state index in [0.717, 1.165) is 28.1 Å². The van der Waals surface area contributed by atoms with Crippen LogP contribution >= 0.6 is 23.1 Å². The standard InChI is InChI=1S/C17H22N4O2S2/c1-10-4-5-11-12(6-10)25-17-15(11)16(19-9-20-17)24-8-14(23)21(3)7-13(22)18-2/h9-10H,4-8H2,1-3H3,(H,18,22)/t10-/m0/s1. The molecule has 1 aliphatic rings. The Labute approximate surface area is 155 Å². The Morgan fingerprint density at radius 3 is 3.00 bits per heavy atom. The number of rotatable bonds is 5. The quantitative estimate of drug-likeness (QED) is 0.637. The number of carbonyl (C=O) groups excluding carboxylic acids is 2. The van der Waals surface area contributed by atoms with Crippen molar-refractivity contribution in [1.82, 2.24) is 20.2 Å². The monoisotopic (exact) mass is 378 g/mol. The number of hydrogen-bond donors (Lipinski definition) is 1. The highest BCUT2D eigenvalue weighted by Crippen LogP contribution is 2.40. The Morgan fingerprint density at radius 1 is 1.44 bits per heavy atom. The van der Waals surface area contributed by atoms with Gasteiger partial charge in [0.2, 0.25) is 11.8 Å². The number of aromatic nitrogens is 2. The topological polar surface area (TPSA) is 75.2 Å². The molecule has 0 saturated carbocycles. The van der Waals surface area contributed by atoms with Crippen molar-refractivity contribution in [2.75, 3.05) is 26.4 Å². The van der Waals surface area contributed by atoms with Gasteiger partial charge in [-0.3, -0.25) is 9.59 Å². The Hall–Kier alpha value is -1.67. The summed E-state index contributed by atoms with van der Waals surface area (Å²) in [4.78, 5) is 36.4. The lowest BCUT2D eigenvalue weighted by Crippen LogP contribution is -2.37. The molecule has 1 N–H and O–H groups in total. The highest BCUT2D eigenvalue weighted by molar-refractivity contribution is 8.00. The summed E-state index contributed by atoms with van der Waals surface area (Å²) in [6, 6.07) is 0. The highest BCUT2D eigenvalue weighted by atomic mass is 32.2. The molecule has 2 heterocycles. The predicted octanol–water partition coefficient (Wildman–Crippen LogP) is 2.11. The number of carbonyl (C=O) groups is 2. The molecule has 6 nitrogen and oxygen atoms in total. The van der Waals surface area contributed by atoms with E-state index < -0.39 is 0 Å². The molecule has 0 aliphatic heterocycles. The number of aryl methyl sites for hydroxylation is 1. The van der Waals surface area contributed by atoms with Gasteiger partial charge >= 0.3 is 0 Å². The normalized spacial score (nSPS) is 16.5. The van der Waals surface area contributed by atoms with E-state index in [4.69, 9.17) is 0 Å². The third-order valence-corrected chi connectivity index (χ3v) is 6.61. The first-order chi connectivity index (χ1) is 12.0. The molecule has 2 aromatic rings. The number of amides is 2. The van der Waals surface area contributed by atoms with Crippen molar-refractivity contribution in [3.63, 3.8) is 0 Å². The van der Waals surface area contributed by atoms with Crippen LogP contribution in [-0.4, -0.2) is 53.1 Å². The molecule has 0 fully saturated rings. The average molecular weight is 379 g/mol. The van der Waals surface area contributed by atoms with Gasteiger partial charge in [-0.1, -0.05) is 18.7 Å². The average Bonchev–Trinajstić information content (AvgIpc) is 2.97. The second-order valence-electron chi connectivity index (χ2n) is 6.42. The van der Waals surface area contributed by atoms with Crippen molar-refractivity contribution in [2.24, 2.45) is 5.92 Å². The third-order valence-electron chi connectivity index (χ3n) is 4.47. The van der Waals surface area contributed by atoms with E-state index in [2.05, 4.69) is 22.2 Å². The number of fused-ring (bicyclic) bond motifs is 3. The van der Waals surface area contributed by atoms with Gasteiger partial charge in [-0.15, -0.1) is 11.3 Å². The lowest BCUT2D eigenvalue weighted by atomic mass is 9.89. The Balaban J connectivity index is 1.76. The Bertz CT molecular complexity index is 805. The highest BCUT2D eigenvalue weighted by Gasteiger charge is 2.23. The van der Waals surface area contributed by atoms with Crippen molar-refractivity contribution in [2.45, 2.75) is 31.2 Å². The van der Waals surface area contributed by atoms with Gasteiger partial charge in [0.05, 0.1) is 12.3 Å². The summed E-state index contributed by atoms with van der Waals surface area (Å²) in [5.41, 5.74) is 1.37. The zero-order valence-corrected chi connectivity index (χ0v) is 16.3. The second kappa shape index (κ2) is 7.70. The van der Waals surface area contributed by atoms with Crippen molar-refractivity contribution >= 4 is 45.1 Å². The van der Waals surface area contributed by atoms with Crippen LogP contribution in [0.4, 0.5) is 0 Å². The van der Waals surface area contributed by atoms with Gasteiger partial charge in [0, 0.05) is 24.4 Å². The Kier molecular flexibility index (Phi) is 5.58. The number of nitrogens with zero attached hydrogens (tertiary/aromatic N) is 3. The lowest BCUT2D eigenvalue weighted by Gasteiger charge is -2.18. The van der Waals surface area contributed by atoms with Gasteiger partial charge in [-0.25, -0.2) is 9.97 Å². The Morgan fingerprint density at radius 2 is 2.24 bits per heavy atom. The van der Waals surface area contributed by atoms with E-state index >= 15 is 0 Å². The van der Waals surface area contributed by atoms with E-state index in [9.17, 15) is 9.59 Å². The molecule has 2 aromatic heterocycles. The van der Waals surface area contributed by atoms with E-state index in [1.54, 1.807) is 31.8 Å². The maximum absolute atomic E-state index is 12.3. The first kappa shape index (κ1) is 18.1. The zero-order chi connectivity index (χ0) is 18.0. The van der Waals surface area contributed by atoms with Gasteiger partial charge in [0.15, 0.2) is 0 Å². The molecule has 0 spiro atoms. The third kappa shape index (κ3) is 3.95. The van der Waals surface area contributed by atoms with E-state index in [0.29, 0.717) is 5.92 Å². The van der Waals surface area contributed by atoms with Crippen LogP contribution < -0.4 is 5.32 Å². The molecule has 0 saturated heterocycles. The molecule has 134 valence electrons. The molecule has 0 bridgehead atoms. The summed E-state index contributed by atoms with van der Waals surface area (Å²) in [6.07, 6.45) is 4.93. The summed E-state index contributed by atoms with van der Waals surface area (Å²) in [5, 5.41) is 4.52. The van der Waals surface area contributed by atoms with Crippen LogP contribution in [0.3, 0.4) is 0 Å². The number of likely N-dealkylation sites (N-methyl/N-ethyl adjacent to an activating group) is 2. The number of thioether (sulfide) groups is 1. The molecule has 0 aromatic carbocycles. The largest absolute Gasteiger partial charge is 0.358 e. The van der Waals surface area contributed by atoms with Crippen LogP contribution in [0.25, 0.3) is 10.2 Å². The second-order valence-corrected chi connectivity index (χ2v) is 8.47. The van der Waals surface area contributed by atoms with Gasteiger partial charge in [-0.2, -0.15) is 0 Å². The summed E-state index contributed by atoms with van der Waals surface area (Å²) in [7, 11) is 3.20. The van der Waals surface area contributed by atoms with Crippen LogP contribution in [0, 0.1) is 5.92 Å². The fourth-order valence-electron chi connectivity index (χ4n) is 2.98. The molecule has 1 aliphatic carbocycles. The molecule has 8 heteroatoms. The molecule has 25 heavy (non-hydrogen) atoms. The van der Waals surface area contributed by atoms with Gasteiger partial charge in [0.1, 0.15) is 16.2 Å². The number of hydrogen-bond acceptors (Lipinski definition) is 6. The molecule has 3 rings (SSSR count). The summed E-state index contributed by atoms with van der Waals surface area (Å²) >= 11 is 3.19. The van der Waals surface area contributed by atoms with Crippen molar-refractivity contribution in [1.29, 1.82) is 0 Å². The fourth-order valence-corrected chi connectivity index (χ4v) is 5.36. The fraction of sp³-hybridized carbons (Fsp3) is 0.529.